The molecule has 1 heterocycles. The fraction of sp³-hybridized carbons (Fsp3) is 0.632. The minimum atomic E-state index is -0.446. The summed E-state index contributed by atoms with van der Waals surface area (Å²) >= 11 is 0. The van der Waals surface area contributed by atoms with Gasteiger partial charge in [0.15, 0.2) is 6.10 Å². The number of benzene rings is 1. The standard InChI is InChI=1S/C19H28N2O2/c1-3-21-11-9-17(10-12-21)20-19(22)14(2)23-18-8-7-15-5-4-6-16(15)13-18/h7-8,13-14,17H,3-6,9-12H2,1-2H3,(H,20,22)/t14-/m1/s1. The molecular formula is C19H28N2O2. The van der Waals surface area contributed by atoms with Crippen molar-refractivity contribution < 1.29 is 9.53 Å². The summed E-state index contributed by atoms with van der Waals surface area (Å²) in [6.07, 6.45) is 5.14. The van der Waals surface area contributed by atoms with Crippen LogP contribution < -0.4 is 10.1 Å². The Kier molecular flexibility index (Phi) is 5.21. The van der Waals surface area contributed by atoms with Crippen molar-refractivity contribution in [3.63, 3.8) is 0 Å². The van der Waals surface area contributed by atoms with E-state index in [1.54, 1.807) is 0 Å². The maximum absolute atomic E-state index is 12.4. The van der Waals surface area contributed by atoms with E-state index in [1.807, 2.05) is 13.0 Å². The summed E-state index contributed by atoms with van der Waals surface area (Å²) in [6, 6.07) is 6.53. The third kappa shape index (κ3) is 4.05. The molecule has 0 unspecified atom stereocenters. The molecule has 23 heavy (non-hydrogen) atoms. The van der Waals surface area contributed by atoms with Crippen molar-refractivity contribution in [2.75, 3.05) is 19.6 Å². The maximum Gasteiger partial charge on any atom is 0.260 e. The summed E-state index contributed by atoms with van der Waals surface area (Å²) in [5.74, 6) is 0.814. The Hall–Kier alpha value is -1.55. The van der Waals surface area contributed by atoms with E-state index < -0.39 is 6.10 Å². The van der Waals surface area contributed by atoms with Crippen LogP contribution >= 0.6 is 0 Å². The first kappa shape index (κ1) is 16.3. The Morgan fingerprint density at radius 3 is 2.78 bits per heavy atom. The van der Waals surface area contributed by atoms with Crippen LogP contribution in [0.5, 0.6) is 5.75 Å². The van der Waals surface area contributed by atoms with E-state index in [0.717, 1.165) is 44.6 Å². The van der Waals surface area contributed by atoms with E-state index in [1.165, 1.54) is 24.0 Å². The molecule has 4 nitrogen and oxygen atoms in total. The Labute approximate surface area is 139 Å². The summed E-state index contributed by atoms with van der Waals surface area (Å²) in [5, 5.41) is 3.15. The molecule has 3 rings (SSSR count). The molecule has 1 saturated heterocycles. The van der Waals surface area contributed by atoms with Crippen LogP contribution in [0.2, 0.25) is 0 Å². The van der Waals surface area contributed by atoms with Crippen molar-refractivity contribution in [3.05, 3.63) is 29.3 Å². The molecule has 1 amide bonds. The van der Waals surface area contributed by atoms with Crippen LogP contribution in [0.3, 0.4) is 0 Å². The quantitative estimate of drug-likeness (QED) is 0.908. The Morgan fingerprint density at radius 1 is 1.30 bits per heavy atom. The highest BCUT2D eigenvalue weighted by molar-refractivity contribution is 5.81. The number of hydrogen-bond donors (Lipinski definition) is 1. The van der Waals surface area contributed by atoms with E-state index in [0.29, 0.717) is 0 Å². The van der Waals surface area contributed by atoms with Crippen LogP contribution in [0.25, 0.3) is 0 Å². The number of hydrogen-bond acceptors (Lipinski definition) is 3. The van der Waals surface area contributed by atoms with Gasteiger partial charge in [0.2, 0.25) is 0 Å². The van der Waals surface area contributed by atoms with Crippen molar-refractivity contribution >= 4 is 5.91 Å². The molecule has 1 aliphatic heterocycles. The van der Waals surface area contributed by atoms with Gasteiger partial charge in [0.1, 0.15) is 5.75 Å². The number of rotatable bonds is 5. The summed E-state index contributed by atoms with van der Waals surface area (Å²) in [7, 11) is 0. The van der Waals surface area contributed by atoms with E-state index in [4.69, 9.17) is 4.74 Å². The second-order valence-electron chi connectivity index (χ2n) is 6.76. The van der Waals surface area contributed by atoms with E-state index in [-0.39, 0.29) is 11.9 Å². The summed E-state index contributed by atoms with van der Waals surface area (Å²) in [6.45, 7) is 7.26. The van der Waals surface area contributed by atoms with Crippen LogP contribution in [-0.4, -0.2) is 42.6 Å². The SMILES string of the molecule is CCN1CCC(NC(=O)[C@@H](C)Oc2ccc3c(c2)CCC3)CC1. The topological polar surface area (TPSA) is 41.6 Å². The number of nitrogens with zero attached hydrogens (tertiary/aromatic N) is 1. The lowest BCUT2D eigenvalue weighted by atomic mass is 10.0. The van der Waals surface area contributed by atoms with E-state index in [2.05, 4.69) is 29.3 Å². The van der Waals surface area contributed by atoms with Gasteiger partial charge in [-0.3, -0.25) is 4.79 Å². The first-order chi connectivity index (χ1) is 11.2. The normalized spacial score (nSPS) is 20.1. The predicted octanol–water partition coefficient (Wildman–Crippen LogP) is 2.54. The largest absolute Gasteiger partial charge is 0.481 e. The minimum Gasteiger partial charge on any atom is -0.481 e. The van der Waals surface area contributed by atoms with E-state index >= 15 is 0 Å². The summed E-state index contributed by atoms with van der Waals surface area (Å²) < 4.78 is 5.86. The molecule has 0 aromatic heterocycles. The van der Waals surface area contributed by atoms with Gasteiger partial charge < -0.3 is 15.0 Å². The van der Waals surface area contributed by atoms with Crippen LogP contribution in [0.15, 0.2) is 18.2 Å². The second kappa shape index (κ2) is 7.35. The molecule has 0 radical (unpaired) electrons. The summed E-state index contributed by atoms with van der Waals surface area (Å²) in [4.78, 5) is 14.8. The summed E-state index contributed by atoms with van der Waals surface area (Å²) in [5.41, 5.74) is 2.80. The van der Waals surface area contributed by atoms with Gasteiger partial charge in [0.05, 0.1) is 0 Å². The first-order valence-electron chi connectivity index (χ1n) is 8.97. The van der Waals surface area contributed by atoms with Gasteiger partial charge in [-0.25, -0.2) is 0 Å². The zero-order valence-electron chi connectivity index (χ0n) is 14.3. The molecule has 126 valence electrons. The van der Waals surface area contributed by atoms with Gasteiger partial charge in [0.25, 0.3) is 5.91 Å². The highest BCUT2D eigenvalue weighted by Gasteiger charge is 2.23. The van der Waals surface area contributed by atoms with Crippen LogP contribution in [0.1, 0.15) is 44.2 Å². The first-order valence-corrected chi connectivity index (χ1v) is 8.97. The molecule has 4 heteroatoms. The number of aryl methyl sites for hydroxylation is 2. The number of piperidine rings is 1. The van der Waals surface area contributed by atoms with Crippen molar-refractivity contribution in [3.8, 4) is 5.75 Å². The van der Waals surface area contributed by atoms with Crippen molar-refractivity contribution in [2.45, 2.75) is 58.1 Å². The third-order valence-corrected chi connectivity index (χ3v) is 5.13. The molecule has 1 aromatic carbocycles. The van der Waals surface area contributed by atoms with E-state index in [9.17, 15) is 4.79 Å². The zero-order chi connectivity index (χ0) is 16.2. The zero-order valence-corrected chi connectivity index (χ0v) is 14.3. The molecule has 0 spiro atoms. The maximum atomic E-state index is 12.4. The monoisotopic (exact) mass is 316 g/mol. The number of carbonyl (C=O) groups excluding carboxylic acids is 1. The lowest BCUT2D eigenvalue weighted by Crippen LogP contribution is -2.48. The van der Waals surface area contributed by atoms with Gasteiger partial charge in [-0.05, 0) is 68.8 Å². The van der Waals surface area contributed by atoms with Gasteiger partial charge in [-0.2, -0.15) is 0 Å². The number of carbonyl (C=O) groups is 1. The molecule has 0 saturated carbocycles. The number of amides is 1. The highest BCUT2D eigenvalue weighted by Crippen LogP contribution is 2.26. The molecular weight excluding hydrogens is 288 g/mol. The molecule has 1 aromatic rings. The predicted molar refractivity (Wildman–Crippen MR) is 91.8 cm³/mol. The number of likely N-dealkylation sites (tertiary alicyclic amines) is 1. The van der Waals surface area contributed by atoms with Crippen molar-refractivity contribution in [1.82, 2.24) is 10.2 Å². The Bertz CT molecular complexity index is 550. The molecule has 1 aliphatic carbocycles. The highest BCUT2D eigenvalue weighted by atomic mass is 16.5. The fourth-order valence-electron chi connectivity index (χ4n) is 3.59. The second-order valence-corrected chi connectivity index (χ2v) is 6.76. The molecule has 1 N–H and O–H groups in total. The van der Waals surface area contributed by atoms with Gasteiger partial charge in [-0.1, -0.05) is 13.0 Å². The number of fused-ring (bicyclic) bond motifs is 1. The van der Waals surface area contributed by atoms with Crippen LogP contribution in [0.4, 0.5) is 0 Å². The van der Waals surface area contributed by atoms with Crippen molar-refractivity contribution in [2.24, 2.45) is 0 Å². The Morgan fingerprint density at radius 2 is 2.04 bits per heavy atom. The average Bonchev–Trinajstić information content (AvgIpc) is 3.03. The lowest BCUT2D eigenvalue weighted by molar-refractivity contribution is -0.128. The number of ether oxygens (including phenoxy) is 1. The lowest BCUT2D eigenvalue weighted by Gasteiger charge is -2.32. The average molecular weight is 316 g/mol. The smallest absolute Gasteiger partial charge is 0.260 e. The van der Waals surface area contributed by atoms with Gasteiger partial charge in [-0.15, -0.1) is 0 Å². The minimum absolute atomic E-state index is 0.000414. The van der Waals surface area contributed by atoms with Gasteiger partial charge >= 0.3 is 0 Å². The Balaban J connectivity index is 1.50. The third-order valence-electron chi connectivity index (χ3n) is 5.13. The molecule has 1 fully saturated rings. The number of nitrogens with one attached hydrogen (secondary N) is 1. The van der Waals surface area contributed by atoms with Crippen LogP contribution in [0, 0.1) is 0 Å². The molecule has 0 bridgehead atoms. The van der Waals surface area contributed by atoms with Crippen LogP contribution in [-0.2, 0) is 17.6 Å². The molecule has 2 aliphatic rings. The van der Waals surface area contributed by atoms with Gasteiger partial charge in [0, 0.05) is 19.1 Å². The fourth-order valence-corrected chi connectivity index (χ4v) is 3.59. The molecule has 1 atom stereocenters. The van der Waals surface area contributed by atoms with Crippen molar-refractivity contribution in [1.29, 1.82) is 0 Å².